The summed E-state index contributed by atoms with van der Waals surface area (Å²) in [5.74, 6) is -1.92. The van der Waals surface area contributed by atoms with Gasteiger partial charge >= 0.3 is 5.97 Å². The van der Waals surface area contributed by atoms with Gasteiger partial charge in [0, 0.05) is 27.3 Å². The maximum atomic E-state index is 14.5. The number of aromatic nitrogens is 1. The summed E-state index contributed by atoms with van der Waals surface area (Å²) in [6.45, 7) is 8.96. The number of pyridine rings is 1. The zero-order chi connectivity index (χ0) is 21.7. The Bertz CT molecular complexity index is 1120. The number of nitrogens with zero attached hydrogens (tertiary/aromatic N) is 1. The summed E-state index contributed by atoms with van der Waals surface area (Å²) >= 11 is 13.6. The summed E-state index contributed by atoms with van der Waals surface area (Å²) in [4.78, 5) is 17.8. The first-order chi connectivity index (χ1) is 13.4. The van der Waals surface area contributed by atoms with Crippen LogP contribution in [0.25, 0.3) is 21.3 Å². The van der Waals surface area contributed by atoms with Crippen molar-refractivity contribution < 1.29 is 19.0 Å². The van der Waals surface area contributed by atoms with Crippen LogP contribution in [0.15, 0.2) is 18.2 Å². The van der Waals surface area contributed by atoms with Gasteiger partial charge in [0.2, 0.25) is 0 Å². The molecule has 3 rings (SSSR count). The fourth-order valence-electron chi connectivity index (χ4n) is 3.20. The van der Waals surface area contributed by atoms with Crippen LogP contribution in [-0.2, 0) is 9.53 Å². The fraction of sp³-hybridized carbons (Fsp3) is 0.333. The fourth-order valence-corrected chi connectivity index (χ4v) is 4.69. The van der Waals surface area contributed by atoms with Gasteiger partial charge in [-0.1, -0.05) is 29.3 Å². The molecule has 29 heavy (non-hydrogen) atoms. The number of carboxylic acid groups (broad SMARTS) is 1. The molecule has 0 spiro atoms. The van der Waals surface area contributed by atoms with Gasteiger partial charge in [0.05, 0.1) is 25.9 Å². The Balaban J connectivity index is 2.45. The SMILES string of the molecule is Cc1cc2nc(C)c([C@H](OC(C)(C)C)C(=O)O)c(-c3ccc(Cl)c(F)c3Cl)c2s1. The van der Waals surface area contributed by atoms with E-state index in [1.807, 2.05) is 13.0 Å². The molecule has 2 aromatic heterocycles. The van der Waals surface area contributed by atoms with Crippen LogP contribution in [0.3, 0.4) is 0 Å². The van der Waals surface area contributed by atoms with Crippen molar-refractivity contribution in [1.29, 1.82) is 0 Å². The number of halogens is 3. The number of rotatable bonds is 4. The average Bonchev–Trinajstić information content (AvgIpc) is 2.96. The molecule has 1 atom stereocenters. The smallest absolute Gasteiger partial charge is 0.337 e. The zero-order valence-electron chi connectivity index (χ0n) is 16.6. The van der Waals surface area contributed by atoms with Gasteiger partial charge in [-0.25, -0.2) is 9.18 Å². The van der Waals surface area contributed by atoms with E-state index in [9.17, 15) is 14.3 Å². The molecule has 0 bridgehead atoms. The maximum Gasteiger partial charge on any atom is 0.337 e. The first kappa shape index (κ1) is 22.0. The third kappa shape index (κ3) is 4.26. The van der Waals surface area contributed by atoms with E-state index in [4.69, 9.17) is 27.9 Å². The Hall–Kier alpha value is -1.73. The minimum absolute atomic E-state index is 0.106. The number of benzene rings is 1. The van der Waals surface area contributed by atoms with E-state index in [0.29, 0.717) is 27.9 Å². The second-order valence-corrected chi connectivity index (χ2v) is 9.77. The number of hydrogen-bond acceptors (Lipinski definition) is 4. The van der Waals surface area contributed by atoms with Crippen LogP contribution < -0.4 is 0 Å². The summed E-state index contributed by atoms with van der Waals surface area (Å²) in [6.07, 6.45) is -1.31. The van der Waals surface area contributed by atoms with E-state index in [1.54, 1.807) is 33.8 Å². The largest absolute Gasteiger partial charge is 0.479 e. The highest BCUT2D eigenvalue weighted by Crippen LogP contribution is 2.45. The van der Waals surface area contributed by atoms with Gasteiger partial charge in [-0.3, -0.25) is 4.98 Å². The van der Waals surface area contributed by atoms with Crippen LogP contribution in [0.2, 0.25) is 10.0 Å². The minimum Gasteiger partial charge on any atom is -0.479 e. The van der Waals surface area contributed by atoms with Gasteiger partial charge in [0.1, 0.15) is 0 Å². The van der Waals surface area contributed by atoms with E-state index in [1.165, 1.54) is 17.4 Å². The highest BCUT2D eigenvalue weighted by atomic mass is 35.5. The van der Waals surface area contributed by atoms with Gasteiger partial charge in [0.25, 0.3) is 0 Å². The van der Waals surface area contributed by atoms with Gasteiger partial charge in [-0.2, -0.15) is 0 Å². The molecule has 1 aromatic carbocycles. The van der Waals surface area contributed by atoms with Crippen molar-refractivity contribution in [1.82, 2.24) is 4.98 Å². The molecule has 0 radical (unpaired) electrons. The minimum atomic E-state index is -1.31. The quantitative estimate of drug-likeness (QED) is 0.431. The van der Waals surface area contributed by atoms with Gasteiger partial charge < -0.3 is 9.84 Å². The standard InChI is InChI=1S/C21H20Cl2FNO3S/c1-9-8-13-19(29-9)15(11-6-7-12(22)17(24)16(11)23)14(10(2)25-13)18(20(26)27)28-21(3,4)5/h6-8,18H,1-5H3,(H,26,27)/t18-/m0/s1. The Kier molecular flexibility index (Phi) is 5.94. The van der Waals surface area contributed by atoms with E-state index in [0.717, 1.165) is 9.58 Å². The molecule has 0 saturated carbocycles. The lowest BCUT2D eigenvalue weighted by atomic mass is 9.94. The lowest BCUT2D eigenvalue weighted by molar-refractivity contribution is -0.160. The lowest BCUT2D eigenvalue weighted by Crippen LogP contribution is -2.28. The number of hydrogen-bond donors (Lipinski definition) is 1. The molecule has 0 aliphatic rings. The van der Waals surface area contributed by atoms with E-state index < -0.39 is 23.5 Å². The number of fused-ring (bicyclic) bond motifs is 1. The summed E-state index contributed by atoms with van der Waals surface area (Å²) in [7, 11) is 0. The average molecular weight is 456 g/mol. The van der Waals surface area contributed by atoms with Crippen molar-refractivity contribution in [2.24, 2.45) is 0 Å². The number of carboxylic acids is 1. The summed E-state index contributed by atoms with van der Waals surface area (Å²) < 4.78 is 21.1. The highest BCUT2D eigenvalue weighted by Gasteiger charge is 2.33. The van der Waals surface area contributed by atoms with Crippen molar-refractivity contribution in [3.8, 4) is 11.1 Å². The van der Waals surface area contributed by atoms with Crippen LogP contribution in [-0.4, -0.2) is 21.7 Å². The molecule has 0 unspecified atom stereocenters. The van der Waals surface area contributed by atoms with Crippen LogP contribution in [0.5, 0.6) is 0 Å². The van der Waals surface area contributed by atoms with Gasteiger partial charge in [-0.05, 0) is 46.8 Å². The van der Waals surface area contributed by atoms with Crippen molar-refractivity contribution >= 4 is 50.7 Å². The zero-order valence-corrected chi connectivity index (χ0v) is 18.9. The lowest BCUT2D eigenvalue weighted by Gasteiger charge is -2.28. The Labute approximate surface area is 182 Å². The van der Waals surface area contributed by atoms with E-state index in [-0.39, 0.29) is 10.0 Å². The number of ether oxygens (including phenoxy) is 1. The van der Waals surface area contributed by atoms with Crippen LogP contribution in [0.1, 0.15) is 43.0 Å². The molecule has 0 aliphatic heterocycles. The summed E-state index contributed by atoms with van der Waals surface area (Å²) in [5, 5.41) is 9.68. The molecule has 0 amide bonds. The third-order valence-corrected chi connectivity index (χ3v) is 5.99. The molecule has 8 heteroatoms. The molecule has 4 nitrogen and oxygen atoms in total. The second kappa shape index (κ2) is 7.84. The van der Waals surface area contributed by atoms with Crippen molar-refractivity contribution in [3.05, 3.63) is 50.2 Å². The molecule has 2 heterocycles. The number of thiophene rings is 1. The van der Waals surface area contributed by atoms with Crippen molar-refractivity contribution in [2.75, 3.05) is 0 Å². The Morgan fingerprint density at radius 1 is 1.28 bits per heavy atom. The van der Waals surface area contributed by atoms with Crippen molar-refractivity contribution in [3.63, 3.8) is 0 Å². The monoisotopic (exact) mass is 455 g/mol. The van der Waals surface area contributed by atoms with E-state index in [2.05, 4.69) is 4.98 Å². The predicted octanol–water partition coefficient (Wildman–Crippen LogP) is 6.97. The van der Waals surface area contributed by atoms with Crippen LogP contribution in [0.4, 0.5) is 4.39 Å². The normalized spacial score (nSPS) is 13.1. The number of aryl methyl sites for hydroxylation is 2. The molecule has 0 saturated heterocycles. The van der Waals surface area contributed by atoms with Gasteiger partial charge in [0.15, 0.2) is 11.9 Å². The molecule has 3 aromatic rings. The molecular weight excluding hydrogens is 436 g/mol. The topological polar surface area (TPSA) is 59.4 Å². The number of aliphatic carboxylic acids is 1. The summed E-state index contributed by atoms with van der Waals surface area (Å²) in [5.41, 5.74) is 1.64. The highest BCUT2D eigenvalue weighted by molar-refractivity contribution is 7.19. The Morgan fingerprint density at radius 2 is 1.93 bits per heavy atom. The van der Waals surface area contributed by atoms with E-state index >= 15 is 0 Å². The van der Waals surface area contributed by atoms with Crippen LogP contribution >= 0.6 is 34.5 Å². The first-order valence-corrected chi connectivity index (χ1v) is 10.4. The molecule has 154 valence electrons. The van der Waals surface area contributed by atoms with Gasteiger partial charge in [-0.15, -0.1) is 11.3 Å². The second-order valence-electron chi connectivity index (χ2n) is 7.73. The molecule has 0 fully saturated rings. The summed E-state index contributed by atoms with van der Waals surface area (Å²) in [6, 6.07) is 4.90. The molecular formula is C21H20Cl2FNO3S. The van der Waals surface area contributed by atoms with Crippen molar-refractivity contribution in [2.45, 2.75) is 46.3 Å². The number of carbonyl (C=O) groups is 1. The Morgan fingerprint density at radius 3 is 2.52 bits per heavy atom. The molecule has 0 aliphatic carbocycles. The maximum absolute atomic E-state index is 14.5. The first-order valence-electron chi connectivity index (χ1n) is 8.86. The molecule has 1 N–H and O–H groups in total. The van der Waals surface area contributed by atoms with Crippen LogP contribution in [0, 0.1) is 19.7 Å². The third-order valence-electron chi connectivity index (χ3n) is 4.27. The predicted molar refractivity (Wildman–Crippen MR) is 116 cm³/mol.